The molecule has 0 unspecified atom stereocenters. The lowest BCUT2D eigenvalue weighted by Crippen LogP contribution is -2.38. The van der Waals surface area contributed by atoms with E-state index >= 15 is 0 Å². The zero-order valence-electron chi connectivity index (χ0n) is 14.8. The molecule has 1 atom stereocenters. The molecule has 0 N–H and O–H groups in total. The lowest BCUT2D eigenvalue weighted by atomic mass is 10.2. The third kappa shape index (κ3) is 5.37. The van der Waals surface area contributed by atoms with Gasteiger partial charge in [-0.25, -0.2) is 14.5 Å². The Hall–Kier alpha value is -2.73. The van der Waals surface area contributed by atoms with Crippen LogP contribution in [0, 0.1) is 10.1 Å². The van der Waals surface area contributed by atoms with Crippen LogP contribution in [0.1, 0.15) is 20.8 Å². The summed E-state index contributed by atoms with van der Waals surface area (Å²) < 4.78 is 39.1. The van der Waals surface area contributed by atoms with Gasteiger partial charge in [0.1, 0.15) is 23.2 Å². The Bertz CT molecular complexity index is 860. The van der Waals surface area contributed by atoms with E-state index in [1.54, 1.807) is 20.8 Å². The van der Waals surface area contributed by atoms with Crippen LogP contribution in [0.2, 0.25) is 0 Å². The highest BCUT2D eigenvalue weighted by atomic mass is 32.2. The predicted octanol–water partition coefficient (Wildman–Crippen LogP) is 2.06. The number of imide groups is 1. The van der Waals surface area contributed by atoms with Gasteiger partial charge < -0.3 is 9.47 Å². The van der Waals surface area contributed by atoms with Gasteiger partial charge in [-0.2, -0.15) is 8.42 Å². The van der Waals surface area contributed by atoms with E-state index < -0.39 is 56.1 Å². The second kappa shape index (κ2) is 7.48. The topological polar surface area (TPSA) is 142 Å². The highest BCUT2D eigenvalue weighted by Gasteiger charge is 2.39. The number of nitrogens with zero attached hydrogens (tertiary/aromatic N) is 2. The third-order valence-electron chi connectivity index (χ3n) is 3.21. The summed E-state index contributed by atoms with van der Waals surface area (Å²) in [4.78, 5) is 34.0. The van der Waals surface area contributed by atoms with Gasteiger partial charge in [0.15, 0.2) is 0 Å². The average Bonchev–Trinajstić information content (AvgIpc) is 2.93. The lowest BCUT2D eigenvalue weighted by molar-refractivity contribution is -0.385. The van der Waals surface area contributed by atoms with Crippen LogP contribution >= 0.6 is 0 Å². The number of non-ortho nitro benzene ring substituents is 1. The number of cyclic esters (lactones) is 1. The minimum absolute atomic E-state index is 0.252. The SMILES string of the molecule is CC(C)(C)OC(=O)N1C[C@@H](COS(=O)(=O)c2cccc([N+](=O)[O-])c2)OC1=O. The van der Waals surface area contributed by atoms with Gasteiger partial charge in [-0.15, -0.1) is 0 Å². The van der Waals surface area contributed by atoms with Crippen molar-refractivity contribution in [1.29, 1.82) is 0 Å². The lowest BCUT2D eigenvalue weighted by Gasteiger charge is -2.22. The van der Waals surface area contributed by atoms with Crippen LogP contribution in [0.25, 0.3) is 0 Å². The zero-order chi connectivity index (χ0) is 20.4. The van der Waals surface area contributed by atoms with Crippen molar-refractivity contribution in [3.8, 4) is 0 Å². The number of ether oxygens (including phenoxy) is 2. The van der Waals surface area contributed by atoms with E-state index in [-0.39, 0.29) is 6.54 Å². The molecule has 148 valence electrons. The molecular formula is C15H18N2O9S. The van der Waals surface area contributed by atoms with Crippen LogP contribution in [0.15, 0.2) is 29.2 Å². The van der Waals surface area contributed by atoms with Crippen LogP contribution < -0.4 is 0 Å². The Kier molecular flexibility index (Phi) is 5.70. The molecule has 1 fully saturated rings. The van der Waals surface area contributed by atoms with Gasteiger partial charge in [-0.1, -0.05) is 6.07 Å². The van der Waals surface area contributed by atoms with Crippen LogP contribution in [0.5, 0.6) is 0 Å². The highest BCUT2D eigenvalue weighted by molar-refractivity contribution is 7.86. The van der Waals surface area contributed by atoms with E-state index in [2.05, 4.69) is 0 Å². The van der Waals surface area contributed by atoms with E-state index in [1.807, 2.05) is 0 Å². The van der Waals surface area contributed by atoms with Crippen molar-refractivity contribution in [2.24, 2.45) is 0 Å². The van der Waals surface area contributed by atoms with Crippen molar-refractivity contribution >= 4 is 28.0 Å². The van der Waals surface area contributed by atoms with Gasteiger partial charge in [0.2, 0.25) is 0 Å². The van der Waals surface area contributed by atoms with Gasteiger partial charge in [0, 0.05) is 12.1 Å². The molecular weight excluding hydrogens is 384 g/mol. The summed E-state index contributed by atoms with van der Waals surface area (Å²) in [7, 11) is -4.32. The number of carbonyl (C=O) groups is 2. The molecule has 0 spiro atoms. The summed E-state index contributed by atoms with van der Waals surface area (Å²) in [6.07, 6.45) is -2.93. The Morgan fingerprint density at radius 2 is 2.07 bits per heavy atom. The second-order valence-electron chi connectivity index (χ2n) is 6.59. The molecule has 0 radical (unpaired) electrons. The van der Waals surface area contributed by atoms with Gasteiger partial charge in [0.25, 0.3) is 15.8 Å². The van der Waals surface area contributed by atoms with Crippen LogP contribution in [-0.2, 0) is 23.8 Å². The number of benzene rings is 1. The van der Waals surface area contributed by atoms with Crippen molar-refractivity contribution in [3.05, 3.63) is 34.4 Å². The van der Waals surface area contributed by atoms with Gasteiger partial charge >= 0.3 is 12.2 Å². The standard InChI is InChI=1S/C15H18N2O9S/c1-15(2,3)26-14(19)16-8-11(25-13(16)18)9-24-27(22,23)12-6-4-5-10(7-12)17(20)21/h4-7,11H,8-9H2,1-3H3/t11-/m0/s1. The quantitative estimate of drug-likeness (QED) is 0.411. The maximum absolute atomic E-state index is 12.2. The fourth-order valence-electron chi connectivity index (χ4n) is 2.06. The number of carbonyl (C=O) groups excluding carboxylic acids is 2. The molecule has 0 aromatic heterocycles. The van der Waals surface area contributed by atoms with E-state index in [4.69, 9.17) is 13.7 Å². The number of rotatable bonds is 5. The van der Waals surface area contributed by atoms with Crippen molar-refractivity contribution in [2.45, 2.75) is 37.4 Å². The summed E-state index contributed by atoms with van der Waals surface area (Å²) >= 11 is 0. The highest BCUT2D eigenvalue weighted by Crippen LogP contribution is 2.21. The number of hydrogen-bond acceptors (Lipinski definition) is 9. The third-order valence-corrected chi connectivity index (χ3v) is 4.49. The van der Waals surface area contributed by atoms with Crippen molar-refractivity contribution in [2.75, 3.05) is 13.2 Å². The monoisotopic (exact) mass is 402 g/mol. The second-order valence-corrected chi connectivity index (χ2v) is 8.21. The summed E-state index contributed by atoms with van der Waals surface area (Å²) in [6, 6.07) is 4.32. The van der Waals surface area contributed by atoms with Crippen molar-refractivity contribution in [1.82, 2.24) is 4.90 Å². The number of hydrogen-bond donors (Lipinski definition) is 0. The number of nitro groups is 1. The van der Waals surface area contributed by atoms with E-state index in [0.29, 0.717) is 4.90 Å². The first-order valence-corrected chi connectivity index (χ1v) is 9.15. The first kappa shape index (κ1) is 20.6. The fourth-order valence-corrected chi connectivity index (χ4v) is 3.04. The van der Waals surface area contributed by atoms with Gasteiger partial charge in [0.05, 0.1) is 11.5 Å². The number of nitro benzene ring substituents is 1. The van der Waals surface area contributed by atoms with Gasteiger partial charge in [-0.3, -0.25) is 14.3 Å². The number of amides is 2. The molecule has 0 saturated carbocycles. The molecule has 0 aliphatic carbocycles. The Balaban J connectivity index is 2.00. The molecule has 27 heavy (non-hydrogen) atoms. The maximum atomic E-state index is 12.2. The van der Waals surface area contributed by atoms with Crippen LogP contribution in [0.4, 0.5) is 15.3 Å². The summed E-state index contributed by atoms with van der Waals surface area (Å²) in [5.41, 5.74) is -1.24. The predicted molar refractivity (Wildman–Crippen MR) is 89.4 cm³/mol. The largest absolute Gasteiger partial charge is 0.443 e. The minimum Gasteiger partial charge on any atom is -0.443 e. The fraction of sp³-hybridized carbons (Fsp3) is 0.467. The van der Waals surface area contributed by atoms with Crippen LogP contribution in [0.3, 0.4) is 0 Å². The average molecular weight is 402 g/mol. The van der Waals surface area contributed by atoms with Gasteiger partial charge in [-0.05, 0) is 26.8 Å². The molecule has 1 aliphatic rings. The summed E-state index contributed by atoms with van der Waals surface area (Å²) in [5.74, 6) is 0. The van der Waals surface area contributed by atoms with E-state index in [9.17, 15) is 28.1 Å². The van der Waals surface area contributed by atoms with Crippen LogP contribution in [-0.4, -0.2) is 55.3 Å². The smallest absolute Gasteiger partial charge is 0.419 e. The molecule has 1 aliphatic heterocycles. The van der Waals surface area contributed by atoms with E-state index in [1.165, 1.54) is 6.07 Å². The zero-order valence-corrected chi connectivity index (χ0v) is 15.6. The molecule has 11 nitrogen and oxygen atoms in total. The van der Waals surface area contributed by atoms with Crippen molar-refractivity contribution in [3.63, 3.8) is 0 Å². The minimum atomic E-state index is -4.32. The Morgan fingerprint density at radius 3 is 2.67 bits per heavy atom. The molecule has 2 rings (SSSR count). The maximum Gasteiger partial charge on any atom is 0.419 e. The molecule has 1 saturated heterocycles. The van der Waals surface area contributed by atoms with Crippen molar-refractivity contribution < 1.29 is 36.6 Å². The molecule has 0 bridgehead atoms. The normalized spacial score (nSPS) is 17.5. The Labute approximate surface area is 155 Å². The molecule has 2 amide bonds. The molecule has 1 aromatic carbocycles. The first-order valence-electron chi connectivity index (χ1n) is 7.74. The molecule has 1 heterocycles. The molecule has 12 heteroatoms. The first-order chi connectivity index (χ1) is 12.4. The summed E-state index contributed by atoms with van der Waals surface area (Å²) in [5, 5.41) is 10.7. The summed E-state index contributed by atoms with van der Waals surface area (Å²) in [6.45, 7) is 4.06. The van der Waals surface area contributed by atoms with E-state index in [0.717, 1.165) is 18.2 Å². The Morgan fingerprint density at radius 1 is 1.41 bits per heavy atom. The molecule has 1 aromatic rings.